The van der Waals surface area contributed by atoms with Gasteiger partial charge >= 0.3 is 0 Å². The highest BCUT2D eigenvalue weighted by Crippen LogP contribution is 2.45. The summed E-state index contributed by atoms with van der Waals surface area (Å²) in [6, 6.07) is 8.05. The number of carbonyl (C=O) groups excluding carboxylic acids is 1. The first kappa shape index (κ1) is 21.4. The number of halogens is 1. The third-order valence-corrected chi connectivity index (χ3v) is 5.58. The van der Waals surface area contributed by atoms with E-state index in [1.807, 2.05) is 13.0 Å². The maximum absolute atomic E-state index is 14.1. The molecule has 0 bridgehead atoms. The minimum atomic E-state index is -0.343. The molecule has 3 aromatic rings. The molecule has 2 aromatic carbocycles. The predicted molar refractivity (Wildman–Crippen MR) is 118 cm³/mol. The van der Waals surface area contributed by atoms with Crippen molar-refractivity contribution in [1.82, 2.24) is 4.98 Å². The number of benzene rings is 2. The van der Waals surface area contributed by atoms with Crippen LogP contribution in [0.15, 0.2) is 52.9 Å². The van der Waals surface area contributed by atoms with Gasteiger partial charge in [-0.15, -0.1) is 0 Å². The van der Waals surface area contributed by atoms with Crippen molar-refractivity contribution in [2.75, 3.05) is 14.2 Å². The number of hydrogen-bond donors (Lipinski definition) is 1. The van der Waals surface area contributed by atoms with Crippen molar-refractivity contribution in [3.8, 4) is 17.2 Å². The molecule has 1 N–H and O–H groups in total. The molecule has 0 aliphatic heterocycles. The van der Waals surface area contributed by atoms with E-state index in [1.165, 1.54) is 38.9 Å². The zero-order valence-electron chi connectivity index (χ0n) is 17.9. The van der Waals surface area contributed by atoms with Gasteiger partial charge in [0, 0.05) is 6.42 Å². The van der Waals surface area contributed by atoms with Crippen LogP contribution in [0.5, 0.6) is 17.2 Å². The monoisotopic (exact) mass is 435 g/mol. The van der Waals surface area contributed by atoms with Crippen LogP contribution in [0.1, 0.15) is 47.0 Å². The molecule has 6 nitrogen and oxygen atoms in total. The first-order chi connectivity index (χ1) is 15.4. The number of aromatic nitrogens is 1. The zero-order valence-corrected chi connectivity index (χ0v) is 17.9. The molecule has 1 aromatic heterocycles. The van der Waals surface area contributed by atoms with Crippen LogP contribution < -0.4 is 9.47 Å². The van der Waals surface area contributed by atoms with E-state index in [4.69, 9.17) is 13.9 Å². The number of aromatic hydroxyl groups is 1. The molecule has 0 unspecified atom stereocenters. The van der Waals surface area contributed by atoms with Crippen molar-refractivity contribution in [1.29, 1.82) is 0 Å². The van der Waals surface area contributed by atoms with Crippen LogP contribution in [0.25, 0.3) is 17.2 Å². The average molecular weight is 435 g/mol. The number of ether oxygens (including phenoxy) is 2. The summed E-state index contributed by atoms with van der Waals surface area (Å²) in [4.78, 5) is 16.2. The number of phenols is 1. The average Bonchev–Trinajstić information content (AvgIpc) is 3.41. The molecule has 0 amide bonds. The first-order valence-electron chi connectivity index (χ1n) is 10.0. The summed E-state index contributed by atoms with van der Waals surface area (Å²) in [6.07, 6.45) is 5.19. The summed E-state index contributed by atoms with van der Waals surface area (Å²) in [5, 5.41) is 10.2. The first-order valence-corrected chi connectivity index (χ1v) is 10.0. The number of hydrogen-bond acceptors (Lipinski definition) is 6. The summed E-state index contributed by atoms with van der Waals surface area (Å²) in [6.45, 7) is 1.95. The second kappa shape index (κ2) is 8.70. The SMILES string of the molecule is COc1cc(C=C2C(C)=C(CCC(=O)c3cnco3)c3cc(F)ccc32)cc(OC)c1O. The fourth-order valence-corrected chi connectivity index (χ4v) is 3.95. The number of fused-ring (bicyclic) bond motifs is 1. The highest BCUT2D eigenvalue weighted by Gasteiger charge is 2.25. The number of carbonyl (C=O) groups is 1. The van der Waals surface area contributed by atoms with Gasteiger partial charge in [-0.05, 0) is 77.1 Å². The van der Waals surface area contributed by atoms with Crippen LogP contribution in [0.2, 0.25) is 0 Å². The van der Waals surface area contributed by atoms with Crippen LogP contribution in [-0.4, -0.2) is 30.1 Å². The third kappa shape index (κ3) is 3.89. The molecule has 0 saturated heterocycles. The Bertz CT molecular complexity index is 1220. The number of ketones is 1. The lowest BCUT2D eigenvalue weighted by molar-refractivity contribution is 0.0957. The van der Waals surface area contributed by atoms with E-state index in [-0.39, 0.29) is 41.0 Å². The Morgan fingerprint density at radius 2 is 1.88 bits per heavy atom. The molecule has 7 heteroatoms. The predicted octanol–water partition coefficient (Wildman–Crippen LogP) is 5.53. The van der Waals surface area contributed by atoms with Crippen molar-refractivity contribution in [2.45, 2.75) is 19.8 Å². The summed E-state index contributed by atoms with van der Waals surface area (Å²) in [5.41, 5.74) is 5.13. The molecule has 1 aliphatic carbocycles. The minimum absolute atomic E-state index is 0.0788. The molecule has 1 aliphatic rings. The molecule has 4 rings (SSSR count). The van der Waals surface area contributed by atoms with E-state index in [9.17, 15) is 14.3 Å². The number of allylic oxidation sites excluding steroid dienone is 3. The molecule has 32 heavy (non-hydrogen) atoms. The third-order valence-electron chi connectivity index (χ3n) is 5.58. The van der Waals surface area contributed by atoms with Gasteiger partial charge < -0.3 is 19.0 Å². The lowest BCUT2D eigenvalue weighted by atomic mass is 9.99. The van der Waals surface area contributed by atoms with Crippen LogP contribution in [0.3, 0.4) is 0 Å². The van der Waals surface area contributed by atoms with Crippen LogP contribution in [-0.2, 0) is 0 Å². The molecule has 0 fully saturated rings. The summed E-state index contributed by atoms with van der Waals surface area (Å²) >= 11 is 0. The molecule has 0 atom stereocenters. The fourth-order valence-electron chi connectivity index (χ4n) is 3.95. The van der Waals surface area contributed by atoms with Gasteiger partial charge in [-0.2, -0.15) is 0 Å². The van der Waals surface area contributed by atoms with Gasteiger partial charge in [-0.25, -0.2) is 9.37 Å². The molecule has 0 spiro atoms. The van der Waals surface area contributed by atoms with Gasteiger partial charge in [0.2, 0.25) is 5.75 Å². The Hall–Kier alpha value is -3.87. The van der Waals surface area contributed by atoms with Gasteiger partial charge in [0.1, 0.15) is 5.82 Å². The Morgan fingerprint density at radius 1 is 1.16 bits per heavy atom. The second-order valence-corrected chi connectivity index (χ2v) is 7.41. The lowest BCUT2D eigenvalue weighted by Gasteiger charge is -2.11. The smallest absolute Gasteiger partial charge is 0.200 e. The van der Waals surface area contributed by atoms with Crippen LogP contribution in [0.4, 0.5) is 4.39 Å². The van der Waals surface area contributed by atoms with Crippen molar-refractivity contribution in [3.05, 3.63) is 76.8 Å². The second-order valence-electron chi connectivity index (χ2n) is 7.41. The van der Waals surface area contributed by atoms with Crippen molar-refractivity contribution < 1.29 is 28.2 Å². The molecule has 1 heterocycles. The number of rotatable bonds is 7. The standard InChI is InChI=1S/C25H22FNO5/c1-14-17(6-7-21(28)24-12-27-13-32-24)20-11-16(26)4-5-18(20)19(14)8-15-9-22(30-2)25(29)23(10-15)31-3/h4-5,8-13,29H,6-7H2,1-3H3. The fraction of sp³-hybridized carbons (Fsp3) is 0.200. The van der Waals surface area contributed by atoms with E-state index >= 15 is 0 Å². The van der Waals surface area contributed by atoms with Crippen LogP contribution >= 0.6 is 0 Å². The normalized spacial score (nSPS) is 14.1. The molecule has 0 radical (unpaired) electrons. The van der Waals surface area contributed by atoms with Crippen molar-refractivity contribution in [3.63, 3.8) is 0 Å². The number of nitrogens with zero attached hydrogens (tertiary/aromatic N) is 1. The summed E-state index contributed by atoms with van der Waals surface area (Å²) in [5.74, 6) is 0.196. The Morgan fingerprint density at radius 3 is 2.50 bits per heavy atom. The van der Waals surface area contributed by atoms with Crippen molar-refractivity contribution >= 4 is 23.0 Å². The van der Waals surface area contributed by atoms with Gasteiger partial charge in [0.05, 0.1) is 20.4 Å². The number of phenolic OH excluding ortho intramolecular Hbond substituents is 1. The highest BCUT2D eigenvalue weighted by atomic mass is 19.1. The number of methoxy groups -OCH3 is 2. The van der Waals surface area contributed by atoms with E-state index < -0.39 is 0 Å². The van der Waals surface area contributed by atoms with E-state index in [1.54, 1.807) is 18.2 Å². The Labute approximate surface area is 184 Å². The topological polar surface area (TPSA) is 81.8 Å². The molecule has 164 valence electrons. The number of Topliss-reactive ketones (excluding diaryl/α,β-unsaturated/α-hetero) is 1. The lowest BCUT2D eigenvalue weighted by Crippen LogP contribution is -1.98. The Balaban J connectivity index is 1.75. The van der Waals surface area contributed by atoms with Gasteiger partial charge in [0.25, 0.3) is 0 Å². The Kier molecular flexibility index (Phi) is 5.81. The molecular formula is C25H22FNO5. The summed E-state index contributed by atoms with van der Waals surface area (Å²) < 4.78 is 29.7. The van der Waals surface area contributed by atoms with Crippen molar-refractivity contribution in [2.24, 2.45) is 0 Å². The van der Waals surface area contributed by atoms with E-state index in [2.05, 4.69) is 4.98 Å². The zero-order chi connectivity index (χ0) is 22.8. The van der Waals surface area contributed by atoms with E-state index in [0.29, 0.717) is 6.42 Å². The van der Waals surface area contributed by atoms with Gasteiger partial charge in [0.15, 0.2) is 29.4 Å². The summed E-state index contributed by atoms with van der Waals surface area (Å²) in [7, 11) is 2.93. The maximum atomic E-state index is 14.1. The largest absolute Gasteiger partial charge is 0.502 e. The minimum Gasteiger partial charge on any atom is -0.502 e. The van der Waals surface area contributed by atoms with Gasteiger partial charge in [-0.1, -0.05) is 6.07 Å². The quantitative estimate of drug-likeness (QED) is 0.492. The highest BCUT2D eigenvalue weighted by molar-refractivity contribution is 6.06. The van der Waals surface area contributed by atoms with Gasteiger partial charge in [-0.3, -0.25) is 4.79 Å². The maximum Gasteiger partial charge on any atom is 0.200 e. The van der Waals surface area contributed by atoms with E-state index in [0.717, 1.165) is 33.4 Å². The number of oxazole rings is 1. The van der Waals surface area contributed by atoms with Crippen LogP contribution in [0, 0.1) is 5.82 Å². The molecule has 0 saturated carbocycles. The molecular weight excluding hydrogens is 413 g/mol.